The van der Waals surface area contributed by atoms with Crippen LogP contribution in [-0.2, 0) is 22.6 Å². The average Bonchev–Trinajstić information content (AvgIpc) is 3.05. The number of hydrogen-bond acceptors (Lipinski definition) is 2. The number of nitrogens with one attached hydrogen (secondary N) is 1. The molecule has 1 N–H and O–H groups in total. The minimum Gasteiger partial charge on any atom is -0.352 e. The molecule has 0 saturated carbocycles. The number of benzene rings is 2. The van der Waals surface area contributed by atoms with Crippen LogP contribution in [0.1, 0.15) is 36.0 Å². The summed E-state index contributed by atoms with van der Waals surface area (Å²) >= 11 is 0. The molecule has 1 saturated heterocycles. The molecule has 1 aliphatic rings. The van der Waals surface area contributed by atoms with Crippen LogP contribution in [0.2, 0.25) is 0 Å². The number of carbonyl (C=O) groups excluding carboxylic acids is 2. The Morgan fingerprint density at radius 1 is 1.12 bits per heavy atom. The Hall–Kier alpha value is -2.62. The van der Waals surface area contributed by atoms with Crippen LogP contribution in [0.4, 0.5) is 5.69 Å². The zero-order valence-electron chi connectivity index (χ0n) is 14.6. The molecule has 4 nitrogen and oxygen atoms in total. The molecule has 25 heavy (non-hydrogen) atoms. The number of rotatable bonds is 6. The second kappa shape index (κ2) is 7.97. The zero-order valence-corrected chi connectivity index (χ0v) is 14.6. The standard InChI is InChI=1S/C21H24N2O2/c1-16-4-2-5-17(14-16)9-12-20(24)22-15-18-7-10-19(11-8-18)23-13-3-6-21(23)25/h2,4-5,7-8,10-11,14H,3,6,9,12-13,15H2,1H3,(H,22,24). The molecule has 1 fully saturated rings. The van der Waals surface area contributed by atoms with Gasteiger partial charge in [-0.1, -0.05) is 42.0 Å². The van der Waals surface area contributed by atoms with E-state index >= 15 is 0 Å². The van der Waals surface area contributed by atoms with Gasteiger partial charge in [0.2, 0.25) is 11.8 Å². The minimum atomic E-state index is 0.0558. The summed E-state index contributed by atoms with van der Waals surface area (Å²) in [6.45, 7) is 3.37. The summed E-state index contributed by atoms with van der Waals surface area (Å²) in [5.41, 5.74) is 4.39. The Labute approximate surface area is 148 Å². The van der Waals surface area contributed by atoms with Crippen molar-refractivity contribution in [3.63, 3.8) is 0 Å². The number of hydrogen-bond donors (Lipinski definition) is 1. The second-order valence-electron chi connectivity index (χ2n) is 6.58. The Balaban J connectivity index is 1.46. The van der Waals surface area contributed by atoms with Crippen molar-refractivity contribution in [1.29, 1.82) is 0 Å². The zero-order chi connectivity index (χ0) is 17.6. The van der Waals surface area contributed by atoms with Crippen molar-refractivity contribution in [1.82, 2.24) is 5.32 Å². The van der Waals surface area contributed by atoms with Crippen molar-refractivity contribution in [2.75, 3.05) is 11.4 Å². The molecular formula is C21H24N2O2. The highest BCUT2D eigenvalue weighted by atomic mass is 16.2. The maximum absolute atomic E-state index is 12.0. The van der Waals surface area contributed by atoms with Gasteiger partial charge in [0.25, 0.3) is 0 Å². The molecule has 2 aromatic carbocycles. The lowest BCUT2D eigenvalue weighted by Crippen LogP contribution is -2.24. The number of nitrogens with zero attached hydrogens (tertiary/aromatic N) is 1. The quantitative estimate of drug-likeness (QED) is 0.879. The Morgan fingerprint density at radius 3 is 2.60 bits per heavy atom. The van der Waals surface area contributed by atoms with E-state index in [-0.39, 0.29) is 11.8 Å². The van der Waals surface area contributed by atoms with Gasteiger partial charge >= 0.3 is 0 Å². The van der Waals surface area contributed by atoms with Gasteiger partial charge in [-0.15, -0.1) is 0 Å². The summed E-state index contributed by atoms with van der Waals surface area (Å²) < 4.78 is 0. The molecule has 0 aromatic heterocycles. The van der Waals surface area contributed by atoms with Crippen LogP contribution in [0.25, 0.3) is 0 Å². The molecule has 3 rings (SSSR count). The molecule has 1 heterocycles. The first-order valence-electron chi connectivity index (χ1n) is 8.83. The van der Waals surface area contributed by atoms with E-state index in [2.05, 4.69) is 30.4 Å². The summed E-state index contributed by atoms with van der Waals surface area (Å²) in [4.78, 5) is 25.6. The van der Waals surface area contributed by atoms with Crippen molar-refractivity contribution in [3.8, 4) is 0 Å². The first-order chi connectivity index (χ1) is 12.1. The van der Waals surface area contributed by atoms with Crippen LogP contribution in [-0.4, -0.2) is 18.4 Å². The smallest absolute Gasteiger partial charge is 0.227 e. The summed E-state index contributed by atoms with van der Waals surface area (Å²) in [5.74, 6) is 0.248. The fraction of sp³-hybridized carbons (Fsp3) is 0.333. The number of amides is 2. The monoisotopic (exact) mass is 336 g/mol. The molecule has 0 unspecified atom stereocenters. The van der Waals surface area contributed by atoms with Crippen LogP contribution in [0, 0.1) is 6.92 Å². The maximum atomic E-state index is 12.0. The second-order valence-corrected chi connectivity index (χ2v) is 6.58. The summed E-state index contributed by atoms with van der Waals surface area (Å²) in [7, 11) is 0. The summed E-state index contributed by atoms with van der Waals surface area (Å²) in [5, 5.41) is 2.96. The van der Waals surface area contributed by atoms with Gasteiger partial charge in [-0.2, -0.15) is 0 Å². The van der Waals surface area contributed by atoms with Crippen molar-refractivity contribution in [2.24, 2.45) is 0 Å². The van der Waals surface area contributed by atoms with E-state index in [9.17, 15) is 9.59 Å². The lowest BCUT2D eigenvalue weighted by Gasteiger charge is -2.16. The molecular weight excluding hydrogens is 312 g/mol. The highest BCUT2D eigenvalue weighted by Crippen LogP contribution is 2.21. The highest BCUT2D eigenvalue weighted by molar-refractivity contribution is 5.95. The van der Waals surface area contributed by atoms with Crippen LogP contribution < -0.4 is 10.2 Å². The topological polar surface area (TPSA) is 49.4 Å². The van der Waals surface area contributed by atoms with E-state index in [1.54, 1.807) is 0 Å². The van der Waals surface area contributed by atoms with Gasteiger partial charge in [0.1, 0.15) is 0 Å². The van der Waals surface area contributed by atoms with Crippen molar-refractivity contribution < 1.29 is 9.59 Å². The summed E-state index contributed by atoms with van der Waals surface area (Å²) in [6.07, 6.45) is 2.81. The fourth-order valence-corrected chi connectivity index (χ4v) is 3.13. The van der Waals surface area contributed by atoms with E-state index in [1.807, 2.05) is 35.2 Å². The maximum Gasteiger partial charge on any atom is 0.227 e. The fourth-order valence-electron chi connectivity index (χ4n) is 3.13. The van der Waals surface area contributed by atoms with Gasteiger partial charge in [-0.05, 0) is 43.0 Å². The highest BCUT2D eigenvalue weighted by Gasteiger charge is 2.21. The van der Waals surface area contributed by atoms with E-state index in [4.69, 9.17) is 0 Å². The average molecular weight is 336 g/mol. The van der Waals surface area contributed by atoms with Gasteiger partial charge in [0, 0.05) is 31.6 Å². The number of anilines is 1. The van der Waals surface area contributed by atoms with E-state index in [1.165, 1.54) is 11.1 Å². The van der Waals surface area contributed by atoms with E-state index in [0.29, 0.717) is 19.4 Å². The van der Waals surface area contributed by atoms with Gasteiger partial charge in [0.05, 0.1) is 0 Å². The van der Waals surface area contributed by atoms with Gasteiger partial charge in [-0.3, -0.25) is 9.59 Å². The minimum absolute atomic E-state index is 0.0558. The van der Waals surface area contributed by atoms with E-state index < -0.39 is 0 Å². The van der Waals surface area contributed by atoms with E-state index in [0.717, 1.165) is 30.6 Å². The van der Waals surface area contributed by atoms with Crippen molar-refractivity contribution >= 4 is 17.5 Å². The van der Waals surface area contributed by atoms with Crippen LogP contribution in [0.5, 0.6) is 0 Å². The molecule has 0 atom stereocenters. The Morgan fingerprint density at radius 2 is 1.92 bits per heavy atom. The first-order valence-corrected chi connectivity index (χ1v) is 8.83. The normalized spacial score (nSPS) is 14.0. The van der Waals surface area contributed by atoms with Crippen LogP contribution in [0.3, 0.4) is 0 Å². The van der Waals surface area contributed by atoms with Crippen LogP contribution >= 0.6 is 0 Å². The number of aryl methyl sites for hydroxylation is 2. The van der Waals surface area contributed by atoms with Gasteiger partial charge < -0.3 is 10.2 Å². The third-order valence-corrected chi connectivity index (χ3v) is 4.53. The molecule has 2 aromatic rings. The number of carbonyl (C=O) groups is 2. The largest absolute Gasteiger partial charge is 0.352 e. The SMILES string of the molecule is Cc1cccc(CCC(=O)NCc2ccc(N3CCCC3=O)cc2)c1. The molecule has 0 spiro atoms. The molecule has 130 valence electrons. The Bertz CT molecular complexity index is 753. The molecule has 1 aliphatic heterocycles. The third kappa shape index (κ3) is 4.69. The molecule has 4 heteroatoms. The summed E-state index contributed by atoms with van der Waals surface area (Å²) in [6, 6.07) is 16.1. The Kier molecular flexibility index (Phi) is 5.49. The van der Waals surface area contributed by atoms with Gasteiger partial charge in [0.15, 0.2) is 0 Å². The van der Waals surface area contributed by atoms with Gasteiger partial charge in [-0.25, -0.2) is 0 Å². The molecule has 0 bridgehead atoms. The molecule has 0 radical (unpaired) electrons. The lowest BCUT2D eigenvalue weighted by atomic mass is 10.1. The lowest BCUT2D eigenvalue weighted by molar-refractivity contribution is -0.121. The van der Waals surface area contributed by atoms with Crippen molar-refractivity contribution in [3.05, 3.63) is 65.2 Å². The molecule has 2 amide bonds. The third-order valence-electron chi connectivity index (χ3n) is 4.53. The molecule has 0 aliphatic carbocycles. The van der Waals surface area contributed by atoms with Crippen LogP contribution in [0.15, 0.2) is 48.5 Å². The predicted octanol–water partition coefficient (Wildman–Crippen LogP) is 3.37. The first kappa shape index (κ1) is 17.2. The van der Waals surface area contributed by atoms with Crippen molar-refractivity contribution in [2.45, 2.75) is 39.2 Å². The predicted molar refractivity (Wildman–Crippen MR) is 99.4 cm³/mol.